The van der Waals surface area contributed by atoms with Crippen LogP contribution in [0.15, 0.2) is 0 Å². The molecule has 0 aliphatic heterocycles. The number of nitrogens with one attached hydrogen (secondary N) is 1. The highest BCUT2D eigenvalue weighted by Crippen LogP contribution is 2.50. The van der Waals surface area contributed by atoms with Crippen LogP contribution in [0, 0.1) is 0 Å². The third-order valence-electron chi connectivity index (χ3n) is 3.66. The van der Waals surface area contributed by atoms with Crippen LogP contribution in [0.3, 0.4) is 0 Å². The lowest BCUT2D eigenvalue weighted by atomic mass is 10.1. The van der Waals surface area contributed by atoms with Crippen LogP contribution in [0.4, 0.5) is 4.79 Å². The normalized spacial score (nSPS) is 16.2. The van der Waals surface area contributed by atoms with Gasteiger partial charge < -0.3 is 23.8 Å². The van der Waals surface area contributed by atoms with Crippen molar-refractivity contribution in [2.75, 3.05) is 0 Å². The predicted octanol–water partition coefficient (Wildman–Crippen LogP) is 5.79. The zero-order valence-electron chi connectivity index (χ0n) is 22.7. The molecule has 0 spiro atoms. The van der Waals surface area contributed by atoms with E-state index < -0.39 is 49.5 Å². The number of carbonyl (C=O) groups is 2. The summed E-state index contributed by atoms with van der Waals surface area (Å²) < 4.78 is 25.7. The maximum absolute atomic E-state index is 13.0. The zero-order valence-corrected chi connectivity index (χ0v) is 23.5. The molecule has 0 rings (SSSR count). The fourth-order valence-corrected chi connectivity index (χ4v) is 4.58. The Hall–Kier alpha value is -0.950. The molecule has 8 nitrogen and oxygen atoms in total. The van der Waals surface area contributed by atoms with Gasteiger partial charge in [-0.25, -0.2) is 14.3 Å². The summed E-state index contributed by atoms with van der Waals surface area (Å²) in [6.45, 7) is 26.5. The molecule has 0 aromatic carbocycles. The molecule has 3 atom stereocenters. The Bertz CT molecular complexity index is 597. The maximum atomic E-state index is 13.0. The Morgan fingerprint density at radius 2 is 1.19 bits per heavy atom. The van der Waals surface area contributed by atoms with Crippen molar-refractivity contribution in [3.8, 4) is 0 Å². The Kier molecular flexibility index (Phi) is 11.6. The highest BCUT2D eigenvalue weighted by atomic mass is 31.2. The van der Waals surface area contributed by atoms with Crippen LogP contribution in [0.1, 0.15) is 96.9 Å². The molecule has 0 aromatic rings. The van der Waals surface area contributed by atoms with Gasteiger partial charge in [0.25, 0.3) is 8.53 Å². The van der Waals surface area contributed by atoms with Crippen molar-refractivity contribution in [1.82, 2.24) is 9.99 Å². The quantitative estimate of drug-likeness (QED) is 0.332. The van der Waals surface area contributed by atoms with E-state index in [1.54, 1.807) is 48.5 Å². The van der Waals surface area contributed by atoms with E-state index >= 15 is 0 Å². The van der Waals surface area contributed by atoms with Crippen molar-refractivity contribution in [1.29, 1.82) is 0 Å². The Morgan fingerprint density at radius 3 is 1.53 bits per heavy atom. The summed E-state index contributed by atoms with van der Waals surface area (Å²) in [5.74, 6) is -0.595. The van der Waals surface area contributed by atoms with E-state index in [4.69, 9.17) is 18.5 Å². The highest BCUT2D eigenvalue weighted by Gasteiger charge is 2.38. The van der Waals surface area contributed by atoms with Crippen LogP contribution in [0.5, 0.6) is 0 Å². The van der Waals surface area contributed by atoms with Gasteiger partial charge in [-0.15, -0.1) is 0 Å². The molecule has 0 aliphatic carbocycles. The van der Waals surface area contributed by atoms with Crippen molar-refractivity contribution in [3.05, 3.63) is 0 Å². The minimum atomic E-state index is -1.54. The first kappa shape index (κ1) is 31.0. The standard InChI is InChI=1S/C23H47N2O6P/c1-15(2)25(16(3)4)32(31-23(12,13)14)30-17(5)18(19(26)28-21(6,7)8)24-20(27)29-22(9,10)11/h15-18H,1-14H3,(H,24,27)/t17?,18-,32?/m0/s1. The smallest absolute Gasteiger partial charge is 0.408 e. The lowest BCUT2D eigenvalue weighted by Crippen LogP contribution is -2.52. The number of hydrogen-bond donors (Lipinski definition) is 1. The minimum absolute atomic E-state index is 0.148. The Balaban J connectivity index is 5.90. The summed E-state index contributed by atoms with van der Waals surface area (Å²) in [4.78, 5) is 25.5. The summed E-state index contributed by atoms with van der Waals surface area (Å²) in [5, 5.41) is 2.64. The topological polar surface area (TPSA) is 86.3 Å². The van der Waals surface area contributed by atoms with Crippen LogP contribution < -0.4 is 5.32 Å². The first-order valence-corrected chi connectivity index (χ1v) is 12.4. The Morgan fingerprint density at radius 1 is 0.750 bits per heavy atom. The van der Waals surface area contributed by atoms with Crippen LogP contribution >= 0.6 is 8.53 Å². The van der Waals surface area contributed by atoms with Crippen LogP contribution in [0.2, 0.25) is 0 Å². The average Bonchev–Trinajstić information content (AvgIpc) is 2.46. The number of alkyl carbamates (subject to hydrolysis) is 1. The van der Waals surface area contributed by atoms with Gasteiger partial charge in [0.1, 0.15) is 11.2 Å². The first-order chi connectivity index (χ1) is 14.1. The van der Waals surface area contributed by atoms with E-state index in [1.165, 1.54) is 0 Å². The number of hydrogen-bond acceptors (Lipinski definition) is 7. The fourth-order valence-electron chi connectivity index (χ4n) is 2.70. The lowest BCUT2D eigenvalue weighted by Gasteiger charge is -2.40. The monoisotopic (exact) mass is 478 g/mol. The van der Waals surface area contributed by atoms with Gasteiger partial charge in [-0.3, -0.25) is 0 Å². The van der Waals surface area contributed by atoms with Crippen molar-refractivity contribution < 1.29 is 28.1 Å². The molecule has 1 amide bonds. The molecule has 0 aromatic heterocycles. The molecule has 2 unspecified atom stereocenters. The van der Waals surface area contributed by atoms with Gasteiger partial charge in [-0.1, -0.05) is 0 Å². The largest absolute Gasteiger partial charge is 0.458 e. The maximum Gasteiger partial charge on any atom is 0.408 e. The average molecular weight is 479 g/mol. The molecule has 0 saturated carbocycles. The lowest BCUT2D eigenvalue weighted by molar-refractivity contribution is -0.159. The number of esters is 1. The first-order valence-electron chi connectivity index (χ1n) is 11.3. The summed E-state index contributed by atoms with van der Waals surface area (Å²) >= 11 is 0. The molecular formula is C23H47N2O6P. The van der Waals surface area contributed by atoms with E-state index in [1.807, 2.05) is 20.8 Å². The van der Waals surface area contributed by atoms with Crippen molar-refractivity contribution in [2.45, 2.75) is 138 Å². The molecule has 32 heavy (non-hydrogen) atoms. The van der Waals surface area contributed by atoms with Gasteiger partial charge in [-0.2, -0.15) is 0 Å². The molecule has 0 heterocycles. The van der Waals surface area contributed by atoms with Crippen molar-refractivity contribution in [3.63, 3.8) is 0 Å². The third kappa shape index (κ3) is 12.9. The molecule has 190 valence electrons. The van der Waals surface area contributed by atoms with Gasteiger partial charge in [0.05, 0.1) is 11.7 Å². The predicted molar refractivity (Wildman–Crippen MR) is 129 cm³/mol. The molecule has 9 heteroatoms. The summed E-state index contributed by atoms with van der Waals surface area (Å²) in [5.41, 5.74) is -1.90. The molecule has 0 saturated heterocycles. The van der Waals surface area contributed by atoms with Crippen LogP contribution in [-0.4, -0.2) is 57.8 Å². The second-order valence-corrected chi connectivity index (χ2v) is 12.8. The number of rotatable bonds is 9. The summed E-state index contributed by atoms with van der Waals surface area (Å²) in [6, 6.07) is -0.775. The van der Waals surface area contributed by atoms with Gasteiger partial charge in [0.15, 0.2) is 6.04 Å². The van der Waals surface area contributed by atoms with Crippen LogP contribution in [-0.2, 0) is 23.3 Å². The fraction of sp³-hybridized carbons (Fsp3) is 0.913. The van der Waals surface area contributed by atoms with E-state index in [2.05, 4.69) is 37.7 Å². The number of ether oxygens (including phenoxy) is 2. The van der Waals surface area contributed by atoms with Gasteiger partial charge in [0.2, 0.25) is 0 Å². The zero-order chi connectivity index (χ0) is 25.7. The minimum Gasteiger partial charge on any atom is -0.458 e. The second kappa shape index (κ2) is 12.0. The number of nitrogens with zero attached hydrogens (tertiary/aromatic N) is 1. The van der Waals surface area contributed by atoms with Crippen molar-refractivity contribution >= 4 is 20.6 Å². The molecular weight excluding hydrogens is 431 g/mol. The summed E-state index contributed by atoms with van der Waals surface area (Å²) in [7, 11) is -1.54. The second-order valence-electron chi connectivity index (χ2n) is 11.5. The van der Waals surface area contributed by atoms with Crippen molar-refractivity contribution in [2.24, 2.45) is 0 Å². The molecule has 0 bridgehead atoms. The Labute approximate surface area is 197 Å². The van der Waals surface area contributed by atoms with Gasteiger partial charge in [0, 0.05) is 12.1 Å². The van der Waals surface area contributed by atoms with E-state index in [-0.39, 0.29) is 12.1 Å². The van der Waals surface area contributed by atoms with E-state index in [0.29, 0.717) is 0 Å². The van der Waals surface area contributed by atoms with E-state index in [9.17, 15) is 9.59 Å². The SMILES string of the molecule is CC(OP(OC(C)(C)C)N(C(C)C)C(C)C)[C@H](NC(=O)OC(C)(C)C)C(=O)OC(C)(C)C. The number of carbonyl (C=O) groups excluding carboxylic acids is 2. The molecule has 1 N–H and O–H groups in total. The van der Waals surface area contributed by atoms with Crippen LogP contribution in [0.25, 0.3) is 0 Å². The summed E-state index contributed by atoms with van der Waals surface area (Å²) in [6.07, 6.45) is -1.44. The molecule has 0 fully saturated rings. The third-order valence-corrected chi connectivity index (χ3v) is 6.18. The van der Waals surface area contributed by atoms with E-state index in [0.717, 1.165) is 0 Å². The molecule has 0 aliphatic rings. The van der Waals surface area contributed by atoms with Gasteiger partial charge >= 0.3 is 12.1 Å². The van der Waals surface area contributed by atoms with Gasteiger partial charge in [-0.05, 0) is 96.9 Å². The highest BCUT2D eigenvalue weighted by molar-refractivity contribution is 7.44. The number of amides is 1. The molecule has 0 radical (unpaired) electrons.